The van der Waals surface area contributed by atoms with Crippen LogP contribution >= 0.6 is 0 Å². The minimum atomic E-state index is -0.115. The van der Waals surface area contributed by atoms with Gasteiger partial charge in [0.2, 0.25) is 5.75 Å². The van der Waals surface area contributed by atoms with Crippen LogP contribution in [0, 0.1) is 0 Å². The number of aliphatic hydroxyl groups is 1. The van der Waals surface area contributed by atoms with E-state index in [1.54, 1.807) is 34.5 Å². The zero-order chi connectivity index (χ0) is 20.5. The number of methoxy groups -OCH3 is 4. The molecule has 2 aromatic rings. The van der Waals surface area contributed by atoms with Gasteiger partial charge in [-0.3, -0.25) is 0 Å². The lowest BCUT2D eigenvalue weighted by Gasteiger charge is -2.19. The number of rotatable bonds is 10. The molecule has 2 aromatic carbocycles. The molecule has 6 heteroatoms. The van der Waals surface area contributed by atoms with Gasteiger partial charge in [-0.25, -0.2) is 0 Å². The third-order valence-corrected chi connectivity index (χ3v) is 4.18. The molecule has 1 atom stereocenters. The van der Waals surface area contributed by atoms with E-state index in [-0.39, 0.29) is 12.7 Å². The Kier molecular flexibility index (Phi) is 8.02. The third-order valence-electron chi connectivity index (χ3n) is 4.18. The summed E-state index contributed by atoms with van der Waals surface area (Å²) >= 11 is 0. The molecule has 2 rings (SSSR count). The van der Waals surface area contributed by atoms with E-state index in [9.17, 15) is 0 Å². The average Bonchev–Trinajstić information content (AvgIpc) is 2.71. The first-order chi connectivity index (χ1) is 13.6. The van der Waals surface area contributed by atoms with Gasteiger partial charge in [-0.2, -0.15) is 0 Å². The molecule has 0 aliphatic rings. The molecule has 0 aliphatic heterocycles. The number of benzene rings is 2. The number of hydrogen-bond acceptors (Lipinski definition) is 6. The molecule has 0 spiro atoms. The van der Waals surface area contributed by atoms with E-state index >= 15 is 0 Å². The molecule has 6 nitrogen and oxygen atoms in total. The monoisotopic (exact) mass is 388 g/mol. The van der Waals surface area contributed by atoms with Gasteiger partial charge >= 0.3 is 0 Å². The molecular formula is C22H28O6. The Labute approximate surface area is 166 Å². The summed E-state index contributed by atoms with van der Waals surface area (Å²) in [6, 6.07) is 9.48. The molecule has 0 bridgehead atoms. The van der Waals surface area contributed by atoms with Crippen LogP contribution in [-0.4, -0.2) is 46.3 Å². The van der Waals surface area contributed by atoms with Crippen molar-refractivity contribution in [1.29, 1.82) is 0 Å². The Morgan fingerprint density at radius 3 is 2.04 bits per heavy atom. The van der Waals surface area contributed by atoms with Gasteiger partial charge in [0.1, 0.15) is 6.10 Å². The highest BCUT2D eigenvalue weighted by atomic mass is 16.5. The summed E-state index contributed by atoms with van der Waals surface area (Å²) in [6.45, 7) is 1.98. The van der Waals surface area contributed by atoms with Crippen molar-refractivity contribution in [2.75, 3.05) is 35.0 Å². The quantitative estimate of drug-likeness (QED) is 0.669. The van der Waals surface area contributed by atoms with Crippen LogP contribution in [0.3, 0.4) is 0 Å². The molecule has 0 fully saturated rings. The van der Waals surface area contributed by atoms with E-state index < -0.39 is 0 Å². The molecule has 152 valence electrons. The maximum Gasteiger partial charge on any atom is 0.203 e. The summed E-state index contributed by atoms with van der Waals surface area (Å²) in [7, 11) is 6.38. The van der Waals surface area contributed by atoms with Crippen LogP contribution in [0.2, 0.25) is 0 Å². The Morgan fingerprint density at radius 1 is 0.857 bits per heavy atom. The van der Waals surface area contributed by atoms with E-state index in [0.717, 1.165) is 11.1 Å². The molecule has 0 heterocycles. The first-order valence-corrected chi connectivity index (χ1v) is 8.97. The second-order valence-corrected chi connectivity index (χ2v) is 6.16. The molecule has 0 aliphatic carbocycles. The summed E-state index contributed by atoms with van der Waals surface area (Å²) in [6.07, 6.45) is 4.02. The highest BCUT2D eigenvalue weighted by Gasteiger charge is 2.16. The van der Waals surface area contributed by atoms with Crippen molar-refractivity contribution in [3.05, 3.63) is 47.5 Å². The van der Waals surface area contributed by atoms with Gasteiger partial charge in [0.05, 0.1) is 35.0 Å². The molecule has 0 radical (unpaired) electrons. The smallest absolute Gasteiger partial charge is 0.203 e. The largest absolute Gasteiger partial charge is 0.493 e. The van der Waals surface area contributed by atoms with Gasteiger partial charge in [0, 0.05) is 6.42 Å². The lowest BCUT2D eigenvalue weighted by molar-refractivity contribution is 0.211. The topological polar surface area (TPSA) is 66.4 Å². The predicted molar refractivity (Wildman–Crippen MR) is 109 cm³/mol. The minimum Gasteiger partial charge on any atom is -0.493 e. The predicted octanol–water partition coefficient (Wildman–Crippen LogP) is 3.74. The zero-order valence-electron chi connectivity index (χ0n) is 17.0. The summed E-state index contributed by atoms with van der Waals surface area (Å²) < 4.78 is 27.7. The van der Waals surface area contributed by atoms with Gasteiger partial charge in [0.15, 0.2) is 23.0 Å². The summed E-state index contributed by atoms with van der Waals surface area (Å²) in [5.74, 6) is 3.08. The van der Waals surface area contributed by atoms with E-state index in [4.69, 9.17) is 28.8 Å². The molecule has 1 N–H and O–H groups in total. The first kappa shape index (κ1) is 21.4. The fraction of sp³-hybridized carbons (Fsp3) is 0.364. The second kappa shape index (κ2) is 10.5. The molecule has 0 saturated carbocycles. The van der Waals surface area contributed by atoms with E-state index in [1.807, 2.05) is 43.3 Å². The maximum atomic E-state index is 8.91. The highest BCUT2D eigenvalue weighted by molar-refractivity contribution is 5.56. The van der Waals surface area contributed by atoms with Gasteiger partial charge < -0.3 is 28.8 Å². The first-order valence-electron chi connectivity index (χ1n) is 8.97. The van der Waals surface area contributed by atoms with Gasteiger partial charge in [-0.15, -0.1) is 0 Å². The van der Waals surface area contributed by atoms with Gasteiger partial charge in [-0.1, -0.05) is 18.2 Å². The lowest BCUT2D eigenvalue weighted by Crippen LogP contribution is -2.16. The van der Waals surface area contributed by atoms with Crippen molar-refractivity contribution >= 4 is 6.08 Å². The Hall–Kier alpha value is -2.86. The van der Waals surface area contributed by atoms with Crippen molar-refractivity contribution in [3.63, 3.8) is 0 Å². The van der Waals surface area contributed by atoms with Crippen molar-refractivity contribution in [3.8, 4) is 28.7 Å². The number of ether oxygens (including phenoxy) is 5. The molecule has 28 heavy (non-hydrogen) atoms. The molecule has 0 aromatic heterocycles. The van der Waals surface area contributed by atoms with Gasteiger partial charge in [0.25, 0.3) is 0 Å². The average molecular weight is 388 g/mol. The standard InChI is InChI=1S/C22H28O6/c1-15(11-17-13-20(25-3)22(27-5)21(14-17)26-4)28-18-9-8-16(7-6-10-23)12-19(18)24-2/h6-9,12-15,23H,10-11H2,1-5H3/t15-/m1/s1. The molecule has 0 amide bonds. The van der Waals surface area contributed by atoms with Crippen molar-refractivity contribution < 1.29 is 28.8 Å². The minimum absolute atomic E-state index is 0.00755. The van der Waals surface area contributed by atoms with E-state index in [2.05, 4.69) is 0 Å². The van der Waals surface area contributed by atoms with Crippen molar-refractivity contribution in [2.24, 2.45) is 0 Å². The fourth-order valence-electron chi connectivity index (χ4n) is 2.92. The van der Waals surface area contributed by atoms with Crippen LogP contribution < -0.4 is 23.7 Å². The molecular weight excluding hydrogens is 360 g/mol. The van der Waals surface area contributed by atoms with Crippen molar-refractivity contribution in [2.45, 2.75) is 19.4 Å². The molecule has 0 saturated heterocycles. The van der Waals surface area contributed by atoms with Crippen LogP contribution in [-0.2, 0) is 6.42 Å². The highest BCUT2D eigenvalue weighted by Crippen LogP contribution is 2.38. The lowest BCUT2D eigenvalue weighted by atomic mass is 10.1. The zero-order valence-corrected chi connectivity index (χ0v) is 17.0. The van der Waals surface area contributed by atoms with Gasteiger partial charge in [-0.05, 0) is 42.3 Å². The molecule has 0 unspecified atom stereocenters. The van der Waals surface area contributed by atoms with Crippen LogP contribution in [0.25, 0.3) is 6.08 Å². The van der Waals surface area contributed by atoms with Crippen LogP contribution in [0.5, 0.6) is 28.7 Å². The van der Waals surface area contributed by atoms with Crippen LogP contribution in [0.1, 0.15) is 18.1 Å². The van der Waals surface area contributed by atoms with E-state index in [1.165, 1.54) is 0 Å². The summed E-state index contributed by atoms with van der Waals surface area (Å²) in [5.41, 5.74) is 1.93. The second-order valence-electron chi connectivity index (χ2n) is 6.16. The fourth-order valence-corrected chi connectivity index (χ4v) is 2.92. The maximum absolute atomic E-state index is 8.91. The van der Waals surface area contributed by atoms with Crippen LogP contribution in [0.15, 0.2) is 36.4 Å². The normalized spacial score (nSPS) is 11.9. The summed E-state index contributed by atoms with van der Waals surface area (Å²) in [5, 5.41) is 8.91. The number of hydrogen-bond donors (Lipinski definition) is 1. The SMILES string of the molecule is COc1cc(C=CCO)ccc1O[C@H](C)Cc1cc(OC)c(OC)c(OC)c1. The van der Waals surface area contributed by atoms with E-state index in [0.29, 0.717) is 35.2 Å². The van der Waals surface area contributed by atoms with Crippen LogP contribution in [0.4, 0.5) is 0 Å². The summed E-state index contributed by atoms with van der Waals surface area (Å²) in [4.78, 5) is 0. The Bertz CT molecular complexity index is 775. The van der Waals surface area contributed by atoms with Crippen molar-refractivity contribution in [1.82, 2.24) is 0 Å². The third kappa shape index (κ3) is 5.33. The Morgan fingerprint density at radius 2 is 1.50 bits per heavy atom. The Balaban J connectivity index is 2.18. The number of aliphatic hydroxyl groups excluding tert-OH is 1.